The van der Waals surface area contributed by atoms with E-state index in [1.54, 1.807) is 31.2 Å². The Labute approximate surface area is 211 Å². The van der Waals surface area contributed by atoms with Crippen molar-refractivity contribution >= 4 is 5.91 Å². The van der Waals surface area contributed by atoms with Gasteiger partial charge in [0.2, 0.25) is 0 Å². The van der Waals surface area contributed by atoms with Crippen molar-refractivity contribution < 1.29 is 24.5 Å². The number of benzene rings is 3. The van der Waals surface area contributed by atoms with E-state index in [0.717, 1.165) is 11.1 Å². The van der Waals surface area contributed by atoms with Gasteiger partial charge in [-0.15, -0.1) is 0 Å². The first-order chi connectivity index (χ1) is 17.1. The number of halogens is 1. The van der Waals surface area contributed by atoms with E-state index in [-0.39, 0.29) is 36.2 Å². The van der Waals surface area contributed by atoms with Crippen LogP contribution in [0.2, 0.25) is 0 Å². The van der Waals surface area contributed by atoms with Crippen LogP contribution in [0.15, 0.2) is 60.7 Å². The fourth-order valence-corrected chi connectivity index (χ4v) is 4.04. The van der Waals surface area contributed by atoms with Crippen LogP contribution >= 0.6 is 0 Å². The third-order valence-electron chi connectivity index (χ3n) is 6.20. The standard InChI is InChI=1S/C29H35FN2O4/c1-19-7-8-20(14-25(19)30)11-12-31-28(36)23-6-4-5-21(13-23)16-29(2,3)32-17-27(35)22-9-10-26(34)24(15-22)18-33/h4-10,13-15,27,32-35H,11-12,16-18H2,1-3H3,(H,31,36)/t27-/m0/s1. The Hall–Kier alpha value is -3.26. The summed E-state index contributed by atoms with van der Waals surface area (Å²) in [5.41, 5.74) is 3.56. The number of aliphatic hydroxyl groups excluding tert-OH is 2. The summed E-state index contributed by atoms with van der Waals surface area (Å²) in [5, 5.41) is 35.9. The van der Waals surface area contributed by atoms with E-state index < -0.39 is 6.10 Å². The summed E-state index contributed by atoms with van der Waals surface area (Å²) in [7, 11) is 0. The van der Waals surface area contributed by atoms with Crippen LogP contribution in [0.1, 0.15) is 58.1 Å². The molecule has 3 aromatic carbocycles. The predicted molar refractivity (Wildman–Crippen MR) is 138 cm³/mol. The molecule has 0 aliphatic heterocycles. The molecule has 0 saturated heterocycles. The third kappa shape index (κ3) is 7.62. The van der Waals surface area contributed by atoms with Crippen LogP contribution in [-0.2, 0) is 19.4 Å². The minimum absolute atomic E-state index is 0.00490. The summed E-state index contributed by atoms with van der Waals surface area (Å²) < 4.78 is 13.7. The molecule has 0 fully saturated rings. The molecule has 1 amide bonds. The maximum atomic E-state index is 13.7. The van der Waals surface area contributed by atoms with Crippen molar-refractivity contribution in [2.75, 3.05) is 13.1 Å². The first-order valence-corrected chi connectivity index (χ1v) is 12.1. The molecule has 0 saturated carbocycles. The number of carbonyl (C=O) groups is 1. The number of hydrogen-bond donors (Lipinski definition) is 5. The second-order valence-corrected chi connectivity index (χ2v) is 9.79. The molecule has 0 spiro atoms. The number of aromatic hydroxyl groups is 1. The molecule has 0 aromatic heterocycles. The van der Waals surface area contributed by atoms with Gasteiger partial charge in [-0.1, -0.05) is 30.3 Å². The molecule has 0 aliphatic rings. The van der Waals surface area contributed by atoms with Gasteiger partial charge in [0, 0.05) is 29.8 Å². The SMILES string of the molecule is Cc1ccc(CCNC(=O)c2cccc(CC(C)(C)NC[C@H](O)c3ccc(O)c(CO)c3)c2)cc1F. The monoisotopic (exact) mass is 494 g/mol. The van der Waals surface area contributed by atoms with Crippen molar-refractivity contribution in [3.63, 3.8) is 0 Å². The van der Waals surface area contributed by atoms with Gasteiger partial charge in [0.15, 0.2) is 0 Å². The normalized spacial score (nSPS) is 12.4. The lowest BCUT2D eigenvalue weighted by atomic mass is 9.93. The number of β-amino-alcohol motifs (C(OH)–C–C–N with tert-alkyl or cyclic N) is 1. The highest BCUT2D eigenvalue weighted by molar-refractivity contribution is 5.94. The lowest BCUT2D eigenvalue weighted by Crippen LogP contribution is -2.43. The minimum atomic E-state index is -0.811. The third-order valence-corrected chi connectivity index (χ3v) is 6.20. The van der Waals surface area contributed by atoms with Crippen LogP contribution in [-0.4, -0.2) is 39.9 Å². The van der Waals surface area contributed by atoms with E-state index in [2.05, 4.69) is 10.6 Å². The van der Waals surface area contributed by atoms with Gasteiger partial charge in [-0.25, -0.2) is 4.39 Å². The second kappa shape index (κ2) is 12.1. The van der Waals surface area contributed by atoms with Gasteiger partial charge in [0.25, 0.3) is 5.91 Å². The van der Waals surface area contributed by atoms with Crippen LogP contribution in [0.3, 0.4) is 0 Å². The van der Waals surface area contributed by atoms with Crippen LogP contribution < -0.4 is 10.6 Å². The van der Waals surface area contributed by atoms with E-state index >= 15 is 0 Å². The average molecular weight is 495 g/mol. The maximum absolute atomic E-state index is 13.7. The molecule has 192 valence electrons. The maximum Gasteiger partial charge on any atom is 0.251 e. The van der Waals surface area contributed by atoms with Crippen LogP contribution in [0.4, 0.5) is 4.39 Å². The van der Waals surface area contributed by atoms with E-state index in [0.29, 0.717) is 41.6 Å². The largest absolute Gasteiger partial charge is 0.508 e. The number of nitrogens with one attached hydrogen (secondary N) is 2. The molecule has 0 radical (unpaired) electrons. The molecule has 3 aromatic rings. The molecule has 3 rings (SSSR count). The number of aryl methyl sites for hydroxylation is 1. The number of hydrogen-bond acceptors (Lipinski definition) is 5. The van der Waals surface area contributed by atoms with Gasteiger partial charge in [0.05, 0.1) is 12.7 Å². The Kier molecular flexibility index (Phi) is 9.20. The highest BCUT2D eigenvalue weighted by atomic mass is 19.1. The lowest BCUT2D eigenvalue weighted by molar-refractivity contribution is 0.0954. The molecular weight excluding hydrogens is 459 g/mol. The predicted octanol–water partition coefficient (Wildman–Crippen LogP) is 3.95. The molecule has 0 aliphatic carbocycles. The molecule has 36 heavy (non-hydrogen) atoms. The van der Waals surface area contributed by atoms with Gasteiger partial charge in [-0.05, 0) is 86.2 Å². The Morgan fingerprint density at radius 1 is 1.06 bits per heavy atom. The van der Waals surface area contributed by atoms with Crippen molar-refractivity contribution in [1.82, 2.24) is 10.6 Å². The van der Waals surface area contributed by atoms with Crippen molar-refractivity contribution in [1.29, 1.82) is 0 Å². The first kappa shape index (κ1) is 27.3. The summed E-state index contributed by atoms with van der Waals surface area (Å²) in [5.74, 6) is -0.430. The zero-order valence-electron chi connectivity index (χ0n) is 21.0. The van der Waals surface area contributed by atoms with Crippen LogP contribution in [0.5, 0.6) is 5.75 Å². The Morgan fingerprint density at radius 2 is 1.83 bits per heavy atom. The van der Waals surface area contributed by atoms with Crippen molar-refractivity contribution in [3.8, 4) is 5.75 Å². The van der Waals surface area contributed by atoms with Crippen molar-refractivity contribution in [3.05, 3.63) is 99.9 Å². The summed E-state index contributed by atoms with van der Waals surface area (Å²) in [4.78, 5) is 12.7. The minimum Gasteiger partial charge on any atom is -0.508 e. The van der Waals surface area contributed by atoms with Crippen molar-refractivity contribution in [2.45, 2.75) is 51.9 Å². The fourth-order valence-electron chi connectivity index (χ4n) is 4.04. The molecule has 1 atom stereocenters. The van der Waals surface area contributed by atoms with Gasteiger partial charge in [0.1, 0.15) is 11.6 Å². The molecule has 7 heteroatoms. The molecule has 5 N–H and O–H groups in total. The van der Waals surface area contributed by atoms with E-state index in [4.69, 9.17) is 0 Å². The average Bonchev–Trinajstić information content (AvgIpc) is 2.85. The van der Waals surface area contributed by atoms with Gasteiger partial charge in [-0.2, -0.15) is 0 Å². The lowest BCUT2D eigenvalue weighted by Gasteiger charge is -2.28. The van der Waals surface area contributed by atoms with Gasteiger partial charge < -0.3 is 26.0 Å². The first-order valence-electron chi connectivity index (χ1n) is 12.1. The highest BCUT2D eigenvalue weighted by Gasteiger charge is 2.21. The van der Waals surface area contributed by atoms with E-state index in [1.165, 1.54) is 12.1 Å². The number of carbonyl (C=O) groups excluding carboxylic acids is 1. The number of amides is 1. The zero-order valence-corrected chi connectivity index (χ0v) is 21.0. The number of phenols is 1. The fraction of sp³-hybridized carbons (Fsp3) is 0.345. The van der Waals surface area contributed by atoms with E-state index in [9.17, 15) is 24.5 Å². The smallest absolute Gasteiger partial charge is 0.251 e. The molecular formula is C29H35FN2O4. The van der Waals surface area contributed by atoms with Gasteiger partial charge in [-0.3, -0.25) is 4.79 Å². The summed E-state index contributed by atoms with van der Waals surface area (Å²) in [6.45, 7) is 6.14. The topological polar surface area (TPSA) is 102 Å². The Morgan fingerprint density at radius 3 is 2.56 bits per heavy atom. The van der Waals surface area contributed by atoms with Crippen molar-refractivity contribution in [2.24, 2.45) is 0 Å². The molecule has 0 unspecified atom stereocenters. The molecule has 6 nitrogen and oxygen atoms in total. The summed E-state index contributed by atoms with van der Waals surface area (Å²) in [6.07, 6.45) is 0.359. The number of rotatable bonds is 11. The Balaban J connectivity index is 1.53. The van der Waals surface area contributed by atoms with Gasteiger partial charge >= 0.3 is 0 Å². The zero-order chi connectivity index (χ0) is 26.3. The van der Waals surface area contributed by atoms with Crippen LogP contribution in [0, 0.1) is 12.7 Å². The quantitative estimate of drug-likeness (QED) is 0.278. The van der Waals surface area contributed by atoms with E-state index in [1.807, 2.05) is 38.1 Å². The summed E-state index contributed by atoms with van der Waals surface area (Å²) in [6, 6.07) is 17.2. The Bertz CT molecular complexity index is 1200. The second-order valence-electron chi connectivity index (χ2n) is 9.79. The summed E-state index contributed by atoms with van der Waals surface area (Å²) >= 11 is 0. The highest BCUT2D eigenvalue weighted by Crippen LogP contribution is 2.23. The molecule has 0 bridgehead atoms. The number of aliphatic hydroxyl groups is 2. The molecule has 0 heterocycles. The van der Waals surface area contributed by atoms with Crippen LogP contribution in [0.25, 0.3) is 0 Å².